The maximum atomic E-state index is 5.86. The first-order valence-electron chi connectivity index (χ1n) is 5.15. The van der Waals surface area contributed by atoms with E-state index < -0.39 is 0 Å². The Bertz CT molecular complexity index is 524. The first-order chi connectivity index (χ1) is 8.08. The molecule has 0 aliphatic carbocycles. The molecule has 2 N–H and O–H groups in total. The third-order valence-corrected chi connectivity index (χ3v) is 4.07. The Kier molecular flexibility index (Phi) is 3.86. The van der Waals surface area contributed by atoms with Gasteiger partial charge < -0.3 is 5.73 Å². The summed E-state index contributed by atoms with van der Waals surface area (Å²) in [5, 5.41) is 4.90. The van der Waals surface area contributed by atoms with Crippen molar-refractivity contribution in [3.8, 4) is 0 Å². The van der Waals surface area contributed by atoms with Gasteiger partial charge in [-0.2, -0.15) is 5.10 Å². The highest BCUT2D eigenvalue weighted by Gasteiger charge is 2.08. The van der Waals surface area contributed by atoms with Crippen molar-refractivity contribution in [3.05, 3.63) is 34.6 Å². The fourth-order valence-electron chi connectivity index (χ4n) is 1.42. The number of benzene rings is 1. The molecule has 0 radical (unpaired) electrons. The van der Waals surface area contributed by atoms with Gasteiger partial charge in [-0.25, -0.2) is 9.67 Å². The van der Waals surface area contributed by atoms with Crippen LogP contribution in [0.15, 0.2) is 39.1 Å². The van der Waals surface area contributed by atoms with Crippen LogP contribution in [0.2, 0.25) is 0 Å². The van der Waals surface area contributed by atoms with Gasteiger partial charge in [0.05, 0.1) is 0 Å². The fourth-order valence-corrected chi connectivity index (χ4v) is 3.12. The van der Waals surface area contributed by atoms with Gasteiger partial charge in [-0.1, -0.05) is 33.8 Å². The SMILES string of the molecule is C[C@H](N)c1ccc(Sc2ncnn2C)cc1Br. The summed E-state index contributed by atoms with van der Waals surface area (Å²) in [5.74, 6) is 0. The number of nitrogens with zero attached hydrogens (tertiary/aromatic N) is 3. The molecule has 2 aromatic rings. The van der Waals surface area contributed by atoms with E-state index in [-0.39, 0.29) is 6.04 Å². The van der Waals surface area contributed by atoms with Crippen molar-refractivity contribution in [3.63, 3.8) is 0 Å². The second kappa shape index (κ2) is 5.20. The van der Waals surface area contributed by atoms with Crippen LogP contribution in [0, 0.1) is 0 Å². The lowest BCUT2D eigenvalue weighted by atomic mass is 10.1. The first-order valence-corrected chi connectivity index (χ1v) is 6.75. The normalized spacial score (nSPS) is 12.7. The molecule has 0 saturated carbocycles. The molecule has 1 aromatic heterocycles. The summed E-state index contributed by atoms with van der Waals surface area (Å²) in [6.45, 7) is 1.97. The van der Waals surface area contributed by atoms with Crippen molar-refractivity contribution in [2.75, 3.05) is 0 Å². The average molecular weight is 313 g/mol. The molecular weight excluding hydrogens is 300 g/mol. The summed E-state index contributed by atoms with van der Waals surface area (Å²) < 4.78 is 2.78. The lowest BCUT2D eigenvalue weighted by Gasteiger charge is -2.09. The van der Waals surface area contributed by atoms with Crippen molar-refractivity contribution in [2.45, 2.75) is 23.0 Å². The van der Waals surface area contributed by atoms with Crippen LogP contribution in [0.1, 0.15) is 18.5 Å². The highest BCUT2D eigenvalue weighted by Crippen LogP contribution is 2.31. The van der Waals surface area contributed by atoms with Crippen molar-refractivity contribution < 1.29 is 0 Å². The average Bonchev–Trinajstić information content (AvgIpc) is 2.64. The minimum atomic E-state index is 0.0262. The molecule has 4 nitrogen and oxygen atoms in total. The van der Waals surface area contributed by atoms with Crippen LogP contribution in [0.25, 0.3) is 0 Å². The smallest absolute Gasteiger partial charge is 0.190 e. The standard InChI is InChI=1S/C11H13BrN4S/c1-7(13)9-4-3-8(5-10(9)12)17-11-14-6-15-16(11)2/h3-7H,13H2,1-2H3/t7-/m0/s1. The Morgan fingerprint density at radius 2 is 2.24 bits per heavy atom. The Balaban J connectivity index is 2.24. The second-order valence-corrected chi connectivity index (χ2v) is 5.64. The van der Waals surface area contributed by atoms with Gasteiger partial charge in [-0.15, -0.1) is 0 Å². The third-order valence-electron chi connectivity index (χ3n) is 2.34. The van der Waals surface area contributed by atoms with Crippen LogP contribution in [0.4, 0.5) is 0 Å². The van der Waals surface area contributed by atoms with Crippen molar-refractivity contribution in [2.24, 2.45) is 12.8 Å². The Morgan fingerprint density at radius 1 is 1.47 bits per heavy atom. The van der Waals surface area contributed by atoms with Crippen molar-refractivity contribution in [1.82, 2.24) is 14.8 Å². The molecule has 6 heteroatoms. The lowest BCUT2D eigenvalue weighted by molar-refractivity contribution is 0.685. The van der Waals surface area contributed by atoms with E-state index in [4.69, 9.17) is 5.73 Å². The molecule has 2 rings (SSSR count). The van der Waals surface area contributed by atoms with Gasteiger partial charge in [0.15, 0.2) is 5.16 Å². The van der Waals surface area contributed by atoms with E-state index in [1.54, 1.807) is 22.8 Å². The topological polar surface area (TPSA) is 56.7 Å². The third kappa shape index (κ3) is 2.88. The van der Waals surface area contributed by atoms with E-state index in [1.165, 1.54) is 0 Å². The van der Waals surface area contributed by atoms with Crippen LogP contribution >= 0.6 is 27.7 Å². The molecule has 0 fully saturated rings. The van der Waals surface area contributed by atoms with E-state index in [2.05, 4.69) is 32.1 Å². The maximum absolute atomic E-state index is 5.86. The summed E-state index contributed by atoms with van der Waals surface area (Å²) >= 11 is 5.11. The molecule has 17 heavy (non-hydrogen) atoms. The van der Waals surface area contributed by atoms with Crippen LogP contribution in [-0.2, 0) is 7.05 Å². The van der Waals surface area contributed by atoms with Crippen molar-refractivity contribution >= 4 is 27.7 Å². The van der Waals surface area contributed by atoms with Crippen LogP contribution in [-0.4, -0.2) is 14.8 Å². The zero-order chi connectivity index (χ0) is 12.4. The number of aromatic nitrogens is 3. The highest BCUT2D eigenvalue weighted by molar-refractivity contribution is 9.10. The van der Waals surface area contributed by atoms with Gasteiger partial charge >= 0.3 is 0 Å². The molecule has 0 spiro atoms. The van der Waals surface area contributed by atoms with Gasteiger partial charge in [-0.05, 0) is 24.6 Å². The zero-order valence-electron chi connectivity index (χ0n) is 9.59. The number of hydrogen-bond acceptors (Lipinski definition) is 4. The summed E-state index contributed by atoms with van der Waals surface area (Å²) in [6, 6.07) is 6.16. The lowest BCUT2D eigenvalue weighted by Crippen LogP contribution is -2.05. The molecule has 0 bridgehead atoms. The molecule has 0 aliphatic heterocycles. The van der Waals surface area contributed by atoms with E-state index in [1.807, 2.05) is 26.1 Å². The van der Waals surface area contributed by atoms with Gasteiger partial charge in [0, 0.05) is 22.5 Å². The Hall–Kier alpha value is -0.850. The molecule has 90 valence electrons. The minimum absolute atomic E-state index is 0.0262. The molecule has 0 saturated heterocycles. The second-order valence-electron chi connectivity index (χ2n) is 3.74. The summed E-state index contributed by atoms with van der Waals surface area (Å²) in [4.78, 5) is 5.28. The molecule has 1 atom stereocenters. The Labute approximate surface area is 113 Å². The Morgan fingerprint density at radius 3 is 2.76 bits per heavy atom. The summed E-state index contributed by atoms with van der Waals surface area (Å²) in [5.41, 5.74) is 6.97. The van der Waals surface area contributed by atoms with Gasteiger partial charge in [0.1, 0.15) is 6.33 Å². The van der Waals surface area contributed by atoms with E-state index in [0.717, 1.165) is 20.1 Å². The molecule has 0 aliphatic rings. The largest absolute Gasteiger partial charge is 0.324 e. The predicted molar refractivity (Wildman–Crippen MR) is 71.9 cm³/mol. The molecular formula is C11H13BrN4S. The maximum Gasteiger partial charge on any atom is 0.190 e. The molecule has 1 heterocycles. The quantitative estimate of drug-likeness (QED) is 0.946. The van der Waals surface area contributed by atoms with E-state index in [0.29, 0.717) is 0 Å². The summed E-state index contributed by atoms with van der Waals surface area (Å²) in [6.07, 6.45) is 1.55. The van der Waals surface area contributed by atoms with Gasteiger partial charge in [-0.3, -0.25) is 0 Å². The highest BCUT2D eigenvalue weighted by atomic mass is 79.9. The monoisotopic (exact) mass is 312 g/mol. The van der Waals surface area contributed by atoms with Gasteiger partial charge in [0.25, 0.3) is 0 Å². The van der Waals surface area contributed by atoms with Crippen molar-refractivity contribution in [1.29, 1.82) is 0 Å². The number of aryl methyl sites for hydroxylation is 1. The zero-order valence-corrected chi connectivity index (χ0v) is 12.0. The van der Waals surface area contributed by atoms with Crippen LogP contribution < -0.4 is 5.73 Å². The minimum Gasteiger partial charge on any atom is -0.324 e. The molecule has 1 aromatic carbocycles. The van der Waals surface area contributed by atoms with Crippen LogP contribution in [0.3, 0.4) is 0 Å². The predicted octanol–water partition coefficient (Wildman–Crippen LogP) is 2.75. The number of nitrogens with two attached hydrogens (primary N) is 1. The summed E-state index contributed by atoms with van der Waals surface area (Å²) in [7, 11) is 1.88. The number of rotatable bonds is 3. The van der Waals surface area contributed by atoms with Crippen LogP contribution in [0.5, 0.6) is 0 Å². The van der Waals surface area contributed by atoms with E-state index in [9.17, 15) is 0 Å². The molecule has 0 unspecified atom stereocenters. The van der Waals surface area contributed by atoms with E-state index >= 15 is 0 Å². The fraction of sp³-hybridized carbons (Fsp3) is 0.273. The molecule has 0 amide bonds. The number of hydrogen-bond donors (Lipinski definition) is 1. The number of halogens is 1. The van der Waals surface area contributed by atoms with Gasteiger partial charge in [0.2, 0.25) is 0 Å². The first kappa shape index (κ1) is 12.6.